The molecule has 0 aliphatic heterocycles. The molecule has 78 valence electrons. The maximum atomic E-state index is 11.4. The van der Waals surface area contributed by atoms with E-state index in [1.807, 2.05) is 18.2 Å². The Labute approximate surface area is 110 Å². The molecule has 0 saturated carbocycles. The van der Waals surface area contributed by atoms with Crippen LogP contribution in [0.1, 0.15) is 11.1 Å². The molecule has 0 radical (unpaired) electrons. The first-order chi connectivity index (χ1) is 7.66. The predicted molar refractivity (Wildman–Crippen MR) is 71.9 cm³/mol. The van der Waals surface area contributed by atoms with E-state index >= 15 is 0 Å². The smallest absolute Gasteiger partial charge is 0.179 e. The van der Waals surface area contributed by atoms with Crippen LogP contribution in [0.25, 0.3) is 11.6 Å². The Morgan fingerprint density at radius 2 is 1.81 bits per heavy atom. The van der Waals surface area contributed by atoms with E-state index < -0.39 is 0 Å². The number of carbonyl (C=O) groups is 1. The number of halogens is 2. The number of fused-ring (bicyclic) bond motifs is 3. The molecule has 0 saturated heterocycles. The van der Waals surface area contributed by atoms with Crippen molar-refractivity contribution in [3.63, 3.8) is 0 Å². The monoisotopic (exact) mass is 336 g/mol. The van der Waals surface area contributed by atoms with Crippen LogP contribution in [0, 0.1) is 0 Å². The summed E-state index contributed by atoms with van der Waals surface area (Å²) in [6.45, 7) is 0. The molecule has 0 unspecified atom stereocenters. The van der Waals surface area contributed by atoms with Gasteiger partial charge in [-0.3, -0.25) is 4.79 Å². The zero-order chi connectivity index (χ0) is 11.3. The first-order valence-electron chi connectivity index (χ1n) is 4.81. The SMILES string of the molecule is O=C1C=CC2=Cc3c(ccc(Br)c3Br)C2=C1. The highest BCUT2D eigenvalue weighted by atomic mass is 79.9. The second kappa shape index (κ2) is 3.54. The largest absolute Gasteiger partial charge is 0.290 e. The molecular formula is C13H6Br2O. The first-order valence-corrected chi connectivity index (χ1v) is 6.39. The van der Waals surface area contributed by atoms with E-state index in [2.05, 4.69) is 37.9 Å². The summed E-state index contributed by atoms with van der Waals surface area (Å²) in [5, 5.41) is 0. The van der Waals surface area contributed by atoms with Crippen LogP contribution < -0.4 is 0 Å². The Morgan fingerprint density at radius 1 is 1.00 bits per heavy atom. The minimum Gasteiger partial charge on any atom is -0.290 e. The lowest BCUT2D eigenvalue weighted by molar-refractivity contribution is -0.110. The fraction of sp³-hybridized carbons (Fsp3) is 0. The molecule has 0 atom stereocenters. The second-order valence-electron chi connectivity index (χ2n) is 3.72. The van der Waals surface area contributed by atoms with Crippen molar-refractivity contribution in [1.29, 1.82) is 0 Å². The van der Waals surface area contributed by atoms with Crippen LogP contribution in [0.2, 0.25) is 0 Å². The standard InChI is InChI=1S/C13H6Br2O/c14-12-4-3-9-10-6-8(16)2-1-7(10)5-11(9)13(12)15/h1-6H. The lowest BCUT2D eigenvalue weighted by Crippen LogP contribution is -1.96. The Morgan fingerprint density at radius 3 is 2.62 bits per heavy atom. The second-order valence-corrected chi connectivity index (χ2v) is 5.36. The fourth-order valence-corrected chi connectivity index (χ4v) is 2.80. The van der Waals surface area contributed by atoms with Crippen LogP contribution in [0.4, 0.5) is 0 Å². The van der Waals surface area contributed by atoms with E-state index in [1.165, 1.54) is 0 Å². The summed E-state index contributed by atoms with van der Waals surface area (Å²) in [5.74, 6) is 0.0547. The van der Waals surface area contributed by atoms with Crippen molar-refractivity contribution in [2.45, 2.75) is 0 Å². The number of benzene rings is 1. The van der Waals surface area contributed by atoms with E-state index in [1.54, 1.807) is 12.2 Å². The van der Waals surface area contributed by atoms with E-state index in [0.29, 0.717) is 0 Å². The normalized spacial score (nSPS) is 16.8. The van der Waals surface area contributed by atoms with Gasteiger partial charge < -0.3 is 0 Å². The summed E-state index contributed by atoms with van der Waals surface area (Å²) in [4.78, 5) is 11.4. The summed E-state index contributed by atoms with van der Waals surface area (Å²) in [5.41, 5.74) is 4.38. The molecule has 0 heterocycles. The van der Waals surface area contributed by atoms with Crippen molar-refractivity contribution >= 4 is 49.3 Å². The molecule has 0 bridgehead atoms. The van der Waals surface area contributed by atoms with Crippen molar-refractivity contribution < 1.29 is 4.79 Å². The van der Waals surface area contributed by atoms with Gasteiger partial charge in [0.2, 0.25) is 0 Å². The number of rotatable bonds is 0. The lowest BCUT2D eigenvalue weighted by Gasteiger charge is -2.07. The zero-order valence-electron chi connectivity index (χ0n) is 8.13. The van der Waals surface area contributed by atoms with Gasteiger partial charge in [-0.1, -0.05) is 12.1 Å². The zero-order valence-corrected chi connectivity index (χ0v) is 11.3. The summed E-state index contributed by atoms with van der Waals surface area (Å²) >= 11 is 7.03. The lowest BCUT2D eigenvalue weighted by atomic mass is 9.97. The highest BCUT2D eigenvalue weighted by Gasteiger charge is 2.22. The van der Waals surface area contributed by atoms with Crippen molar-refractivity contribution in [1.82, 2.24) is 0 Å². The van der Waals surface area contributed by atoms with Gasteiger partial charge in [0, 0.05) is 8.95 Å². The fourth-order valence-electron chi connectivity index (χ4n) is 1.99. The predicted octanol–water partition coefficient (Wildman–Crippen LogP) is 4.13. The molecule has 0 spiro atoms. The van der Waals surface area contributed by atoms with E-state index in [0.717, 1.165) is 31.2 Å². The molecule has 0 N–H and O–H groups in total. The van der Waals surface area contributed by atoms with Gasteiger partial charge in [0.1, 0.15) is 0 Å². The van der Waals surface area contributed by atoms with Crippen molar-refractivity contribution in [2.75, 3.05) is 0 Å². The van der Waals surface area contributed by atoms with Crippen LogP contribution in [-0.2, 0) is 4.79 Å². The third-order valence-corrected chi connectivity index (χ3v) is 4.79. The number of hydrogen-bond acceptors (Lipinski definition) is 1. The van der Waals surface area contributed by atoms with Crippen molar-refractivity contribution in [2.24, 2.45) is 0 Å². The Hall–Kier alpha value is -0.930. The van der Waals surface area contributed by atoms with E-state index in [4.69, 9.17) is 0 Å². The molecule has 1 aromatic carbocycles. The molecule has 0 amide bonds. The number of hydrogen-bond donors (Lipinski definition) is 0. The summed E-state index contributed by atoms with van der Waals surface area (Å²) in [6, 6.07) is 4.02. The highest BCUT2D eigenvalue weighted by molar-refractivity contribution is 9.13. The molecule has 2 aliphatic carbocycles. The van der Waals surface area contributed by atoms with Crippen LogP contribution in [0.3, 0.4) is 0 Å². The first kappa shape index (κ1) is 10.2. The van der Waals surface area contributed by atoms with Crippen molar-refractivity contribution in [3.05, 3.63) is 56.0 Å². The Kier molecular flexibility index (Phi) is 2.26. The number of carbonyl (C=O) groups excluding carboxylic acids is 1. The maximum Gasteiger partial charge on any atom is 0.179 e. The highest BCUT2D eigenvalue weighted by Crippen LogP contribution is 2.43. The van der Waals surface area contributed by atoms with Crippen LogP contribution in [0.5, 0.6) is 0 Å². The molecule has 0 fully saturated rings. The third-order valence-electron chi connectivity index (χ3n) is 2.75. The van der Waals surface area contributed by atoms with Gasteiger partial charge in [-0.25, -0.2) is 0 Å². The van der Waals surface area contributed by atoms with E-state index in [9.17, 15) is 4.79 Å². The average Bonchev–Trinajstić information content (AvgIpc) is 2.62. The van der Waals surface area contributed by atoms with Gasteiger partial charge in [0.05, 0.1) is 0 Å². The summed E-state index contributed by atoms with van der Waals surface area (Å²) in [6.07, 6.45) is 7.26. The summed E-state index contributed by atoms with van der Waals surface area (Å²) < 4.78 is 2.06. The number of allylic oxidation sites excluding steroid dienone is 5. The van der Waals surface area contributed by atoms with Gasteiger partial charge in [0.25, 0.3) is 0 Å². The molecule has 3 heteroatoms. The summed E-state index contributed by atoms with van der Waals surface area (Å²) in [7, 11) is 0. The quantitative estimate of drug-likeness (QED) is 0.695. The molecule has 3 rings (SSSR count). The van der Waals surface area contributed by atoms with Gasteiger partial charge in [-0.05, 0) is 78.4 Å². The van der Waals surface area contributed by atoms with E-state index in [-0.39, 0.29) is 5.78 Å². The third kappa shape index (κ3) is 1.39. The maximum absolute atomic E-state index is 11.4. The van der Waals surface area contributed by atoms with Crippen LogP contribution in [0.15, 0.2) is 44.9 Å². The van der Waals surface area contributed by atoms with Crippen LogP contribution in [-0.4, -0.2) is 5.78 Å². The van der Waals surface area contributed by atoms with Gasteiger partial charge >= 0.3 is 0 Å². The molecule has 16 heavy (non-hydrogen) atoms. The molecular weight excluding hydrogens is 332 g/mol. The van der Waals surface area contributed by atoms with Gasteiger partial charge in [-0.2, -0.15) is 0 Å². The van der Waals surface area contributed by atoms with Crippen LogP contribution >= 0.6 is 31.9 Å². The average molecular weight is 338 g/mol. The molecule has 1 nitrogen and oxygen atoms in total. The topological polar surface area (TPSA) is 17.1 Å². The Balaban J connectivity index is 2.30. The minimum atomic E-state index is 0.0547. The molecule has 0 aromatic heterocycles. The molecule has 2 aliphatic rings. The minimum absolute atomic E-state index is 0.0547. The van der Waals surface area contributed by atoms with Crippen molar-refractivity contribution in [3.8, 4) is 0 Å². The van der Waals surface area contributed by atoms with Gasteiger partial charge in [0.15, 0.2) is 5.78 Å². The van der Waals surface area contributed by atoms with Gasteiger partial charge in [-0.15, -0.1) is 0 Å². The Bertz CT molecular complexity index is 607. The number of ketones is 1. The molecule has 1 aromatic rings.